The van der Waals surface area contributed by atoms with Gasteiger partial charge in [0.25, 0.3) is 0 Å². The van der Waals surface area contributed by atoms with Gasteiger partial charge in [0.05, 0.1) is 10.6 Å². The van der Waals surface area contributed by atoms with E-state index >= 15 is 0 Å². The van der Waals surface area contributed by atoms with Gasteiger partial charge in [0.15, 0.2) is 11.0 Å². The van der Waals surface area contributed by atoms with Crippen molar-refractivity contribution in [3.63, 3.8) is 0 Å². The number of piperazine rings is 1. The third-order valence-electron chi connectivity index (χ3n) is 6.14. The minimum Gasteiger partial charge on any atom is -0.339 e. The summed E-state index contributed by atoms with van der Waals surface area (Å²) in [6.07, 6.45) is 0. The molecule has 1 fully saturated rings. The van der Waals surface area contributed by atoms with Crippen LogP contribution in [-0.2, 0) is 21.9 Å². The van der Waals surface area contributed by atoms with Gasteiger partial charge in [-0.15, -0.1) is 10.2 Å². The lowest BCUT2D eigenvalue weighted by atomic mass is 10.1. The lowest BCUT2D eigenvalue weighted by Crippen LogP contribution is -2.51. The van der Waals surface area contributed by atoms with E-state index in [0.717, 1.165) is 28.1 Å². The van der Waals surface area contributed by atoms with Crippen molar-refractivity contribution >= 4 is 27.7 Å². The number of nitrogens with zero attached hydrogens (tertiary/aromatic N) is 5. The molecule has 0 saturated carbocycles. The van der Waals surface area contributed by atoms with Crippen LogP contribution in [0, 0.1) is 20.8 Å². The molecular weight excluding hydrogens is 470 g/mol. The van der Waals surface area contributed by atoms with Gasteiger partial charge in [0, 0.05) is 38.8 Å². The summed E-state index contributed by atoms with van der Waals surface area (Å²) in [6, 6.07) is 13.2. The summed E-state index contributed by atoms with van der Waals surface area (Å²) < 4.78 is 29.4. The molecule has 10 heteroatoms. The molecule has 0 bridgehead atoms. The van der Waals surface area contributed by atoms with Crippen LogP contribution in [0.1, 0.15) is 16.7 Å². The van der Waals surface area contributed by atoms with Gasteiger partial charge in [0.1, 0.15) is 0 Å². The summed E-state index contributed by atoms with van der Waals surface area (Å²) in [6.45, 7) is 7.21. The number of aromatic nitrogens is 3. The lowest BCUT2D eigenvalue weighted by molar-refractivity contribution is -0.129. The van der Waals surface area contributed by atoms with E-state index in [1.807, 2.05) is 56.7 Å². The molecule has 1 saturated heterocycles. The monoisotopic (exact) mass is 499 g/mol. The number of carbonyl (C=O) groups excluding carboxylic acids is 1. The first-order valence-electron chi connectivity index (χ1n) is 11.1. The van der Waals surface area contributed by atoms with Crippen molar-refractivity contribution in [1.29, 1.82) is 0 Å². The summed E-state index contributed by atoms with van der Waals surface area (Å²) in [5.74, 6) is 0.945. The van der Waals surface area contributed by atoms with Crippen molar-refractivity contribution in [1.82, 2.24) is 24.0 Å². The molecule has 0 aliphatic carbocycles. The van der Waals surface area contributed by atoms with Gasteiger partial charge in [0.2, 0.25) is 15.9 Å². The second-order valence-electron chi connectivity index (χ2n) is 8.55. The molecule has 0 unspecified atom stereocenters. The van der Waals surface area contributed by atoms with Crippen molar-refractivity contribution in [2.45, 2.75) is 30.8 Å². The van der Waals surface area contributed by atoms with E-state index in [1.54, 1.807) is 17.0 Å². The molecule has 0 spiro atoms. The van der Waals surface area contributed by atoms with Crippen LogP contribution in [0.4, 0.5) is 0 Å². The molecule has 2 aromatic carbocycles. The second-order valence-corrected chi connectivity index (χ2v) is 11.4. The Bertz CT molecular complexity index is 1310. The fourth-order valence-electron chi connectivity index (χ4n) is 3.89. The van der Waals surface area contributed by atoms with Crippen molar-refractivity contribution in [3.8, 4) is 11.4 Å². The first kappa shape index (κ1) is 24.4. The molecule has 0 N–H and O–H groups in total. The molecule has 34 heavy (non-hydrogen) atoms. The Balaban J connectivity index is 1.34. The molecule has 1 amide bonds. The smallest absolute Gasteiger partial charge is 0.243 e. The summed E-state index contributed by atoms with van der Waals surface area (Å²) in [4.78, 5) is 14.8. The molecule has 2 heterocycles. The van der Waals surface area contributed by atoms with Gasteiger partial charge >= 0.3 is 0 Å². The van der Waals surface area contributed by atoms with Gasteiger partial charge in [-0.2, -0.15) is 4.31 Å². The van der Waals surface area contributed by atoms with Crippen LogP contribution in [0.5, 0.6) is 0 Å². The molecule has 1 aliphatic rings. The van der Waals surface area contributed by atoms with E-state index in [9.17, 15) is 13.2 Å². The van der Waals surface area contributed by atoms with E-state index in [2.05, 4.69) is 16.3 Å². The number of rotatable bonds is 6. The summed E-state index contributed by atoms with van der Waals surface area (Å²) in [5.41, 5.74) is 4.12. The SMILES string of the molecule is Cc1cccc(-c2nnc(SCC(=O)N3CCN(S(=O)(=O)c4ccc(C)c(C)c4)CC3)n2C)c1. The molecule has 4 rings (SSSR count). The molecular formula is C24H29N5O3S2. The number of benzene rings is 2. The Kier molecular flexibility index (Phi) is 7.11. The Hall–Kier alpha value is -2.69. The Morgan fingerprint density at radius 3 is 2.38 bits per heavy atom. The van der Waals surface area contributed by atoms with Crippen LogP contribution in [0.2, 0.25) is 0 Å². The number of thioether (sulfide) groups is 1. The minimum absolute atomic E-state index is 0.0340. The fourth-order valence-corrected chi connectivity index (χ4v) is 6.22. The van der Waals surface area contributed by atoms with Crippen LogP contribution < -0.4 is 0 Å². The molecule has 0 atom stereocenters. The van der Waals surface area contributed by atoms with Crippen LogP contribution in [0.15, 0.2) is 52.5 Å². The molecule has 180 valence electrons. The van der Waals surface area contributed by atoms with Crippen LogP contribution in [-0.4, -0.2) is 70.2 Å². The van der Waals surface area contributed by atoms with Crippen LogP contribution in [0.25, 0.3) is 11.4 Å². The van der Waals surface area contributed by atoms with Crippen molar-refractivity contribution in [3.05, 3.63) is 59.2 Å². The van der Waals surface area contributed by atoms with Crippen LogP contribution >= 0.6 is 11.8 Å². The highest BCUT2D eigenvalue weighted by Gasteiger charge is 2.30. The van der Waals surface area contributed by atoms with Gasteiger partial charge < -0.3 is 9.47 Å². The molecule has 8 nitrogen and oxygen atoms in total. The maximum absolute atomic E-state index is 13.0. The topological polar surface area (TPSA) is 88.4 Å². The highest BCUT2D eigenvalue weighted by atomic mass is 32.2. The van der Waals surface area contributed by atoms with E-state index in [4.69, 9.17) is 0 Å². The number of aryl methyl sites for hydroxylation is 3. The first-order chi connectivity index (χ1) is 16.2. The number of hydrogen-bond donors (Lipinski definition) is 0. The Labute approximate surface area is 205 Å². The van der Waals surface area contributed by atoms with E-state index in [0.29, 0.717) is 23.1 Å². The highest BCUT2D eigenvalue weighted by Crippen LogP contribution is 2.24. The molecule has 1 aliphatic heterocycles. The Morgan fingerprint density at radius 1 is 0.971 bits per heavy atom. The van der Waals surface area contributed by atoms with Crippen LogP contribution in [0.3, 0.4) is 0 Å². The first-order valence-corrected chi connectivity index (χ1v) is 13.5. The summed E-state index contributed by atoms with van der Waals surface area (Å²) in [7, 11) is -1.68. The minimum atomic E-state index is -3.57. The van der Waals surface area contributed by atoms with Gasteiger partial charge in [-0.25, -0.2) is 8.42 Å². The van der Waals surface area contributed by atoms with Gasteiger partial charge in [-0.05, 0) is 50.1 Å². The normalized spacial score (nSPS) is 15.0. The van der Waals surface area contributed by atoms with Crippen molar-refractivity contribution in [2.24, 2.45) is 7.05 Å². The quantitative estimate of drug-likeness (QED) is 0.485. The second kappa shape index (κ2) is 9.89. The van der Waals surface area contributed by atoms with Crippen molar-refractivity contribution < 1.29 is 13.2 Å². The number of sulfonamides is 1. The molecule has 3 aromatic rings. The zero-order valence-corrected chi connectivity index (χ0v) is 21.5. The molecule has 0 radical (unpaired) electrons. The maximum atomic E-state index is 13.0. The molecule has 1 aromatic heterocycles. The van der Waals surface area contributed by atoms with Gasteiger partial charge in [-0.1, -0.05) is 41.6 Å². The summed E-state index contributed by atoms with van der Waals surface area (Å²) >= 11 is 1.34. The maximum Gasteiger partial charge on any atom is 0.243 e. The zero-order valence-electron chi connectivity index (χ0n) is 19.9. The summed E-state index contributed by atoms with van der Waals surface area (Å²) in [5, 5.41) is 9.20. The predicted octanol–water partition coefficient (Wildman–Crippen LogP) is 3.03. The van der Waals surface area contributed by atoms with Gasteiger partial charge in [-0.3, -0.25) is 4.79 Å². The average Bonchev–Trinajstić information content (AvgIpc) is 3.19. The van der Waals surface area contributed by atoms with E-state index in [-0.39, 0.29) is 24.7 Å². The fraction of sp³-hybridized carbons (Fsp3) is 0.375. The average molecular weight is 500 g/mol. The number of carbonyl (C=O) groups is 1. The third-order valence-corrected chi connectivity index (χ3v) is 9.04. The third kappa shape index (κ3) is 5.03. The van der Waals surface area contributed by atoms with E-state index in [1.165, 1.54) is 16.1 Å². The number of amides is 1. The largest absolute Gasteiger partial charge is 0.339 e. The van der Waals surface area contributed by atoms with E-state index < -0.39 is 10.0 Å². The lowest BCUT2D eigenvalue weighted by Gasteiger charge is -2.34. The standard InChI is InChI=1S/C24H29N5O3S2/c1-17-6-5-7-20(14-17)23-25-26-24(27(23)4)33-16-22(30)28-10-12-29(13-11-28)34(31,32)21-9-8-18(2)19(3)15-21/h5-9,14-15H,10-13,16H2,1-4H3. The highest BCUT2D eigenvalue weighted by molar-refractivity contribution is 7.99. The zero-order chi connectivity index (χ0) is 24.5. The predicted molar refractivity (Wildman–Crippen MR) is 133 cm³/mol. The number of hydrogen-bond acceptors (Lipinski definition) is 6. The Morgan fingerprint density at radius 2 is 1.71 bits per heavy atom. The van der Waals surface area contributed by atoms with Crippen molar-refractivity contribution in [2.75, 3.05) is 31.9 Å².